The first-order valence-corrected chi connectivity index (χ1v) is 10.4. The average Bonchev–Trinajstić information content (AvgIpc) is 2.59. The minimum absolute atomic E-state index is 0.0411. The summed E-state index contributed by atoms with van der Waals surface area (Å²) in [5.74, 6) is 0.673. The van der Waals surface area contributed by atoms with Gasteiger partial charge in [0.1, 0.15) is 0 Å². The third kappa shape index (κ3) is 5.82. The normalized spacial score (nSPS) is 11.0. The Bertz CT molecular complexity index is 819. The number of aryl methyl sites for hydroxylation is 1. The van der Waals surface area contributed by atoms with Gasteiger partial charge in [0.05, 0.1) is 23.3 Å². The van der Waals surface area contributed by atoms with Crippen LogP contribution in [0.4, 0.5) is 5.69 Å². The van der Waals surface area contributed by atoms with Crippen molar-refractivity contribution >= 4 is 35.1 Å². The molecule has 0 saturated carbocycles. The molecule has 0 aliphatic rings. The molecule has 0 saturated heterocycles. The molecular weight excluding hydrogens is 360 g/mol. The third-order valence-electron chi connectivity index (χ3n) is 3.87. The number of benzene rings is 2. The standard InChI is InChI=1S/C21H24N2OS2/c1-15-9-10-16(21(2,3)4)13-19(15)26-14-20(24)23-17-7-5-6-8-18(17)25-12-11-22/h5-10,13H,12,14H2,1-4H3,(H,23,24). The number of nitrogens with zero attached hydrogens (tertiary/aromatic N) is 1. The Morgan fingerprint density at radius 3 is 2.54 bits per heavy atom. The summed E-state index contributed by atoms with van der Waals surface area (Å²) in [4.78, 5) is 14.5. The lowest BCUT2D eigenvalue weighted by Crippen LogP contribution is -2.15. The molecular formula is C21H24N2OS2. The van der Waals surface area contributed by atoms with Crippen LogP contribution in [0.1, 0.15) is 31.9 Å². The molecule has 136 valence electrons. The summed E-state index contributed by atoms with van der Waals surface area (Å²) in [6, 6.07) is 16.2. The Balaban J connectivity index is 2.03. The molecule has 0 aliphatic heterocycles. The van der Waals surface area contributed by atoms with Crippen LogP contribution in [-0.4, -0.2) is 17.4 Å². The first-order valence-electron chi connectivity index (χ1n) is 8.44. The van der Waals surface area contributed by atoms with E-state index in [1.54, 1.807) is 11.8 Å². The Hall–Kier alpha value is -1.90. The number of nitrogens with one attached hydrogen (secondary N) is 1. The molecule has 26 heavy (non-hydrogen) atoms. The van der Waals surface area contributed by atoms with Crippen LogP contribution in [0.2, 0.25) is 0 Å². The van der Waals surface area contributed by atoms with Crippen molar-refractivity contribution in [2.75, 3.05) is 16.8 Å². The lowest BCUT2D eigenvalue weighted by Gasteiger charge is -2.20. The number of carbonyl (C=O) groups excluding carboxylic acids is 1. The van der Waals surface area contributed by atoms with Gasteiger partial charge in [0.25, 0.3) is 0 Å². The molecule has 0 heterocycles. The van der Waals surface area contributed by atoms with E-state index >= 15 is 0 Å². The van der Waals surface area contributed by atoms with Gasteiger partial charge in [-0.15, -0.1) is 23.5 Å². The molecule has 1 N–H and O–H groups in total. The monoisotopic (exact) mass is 384 g/mol. The van der Waals surface area contributed by atoms with Gasteiger partial charge in [-0.3, -0.25) is 4.79 Å². The Morgan fingerprint density at radius 2 is 1.85 bits per heavy atom. The molecule has 3 nitrogen and oxygen atoms in total. The highest BCUT2D eigenvalue weighted by Gasteiger charge is 2.15. The first kappa shape index (κ1) is 20.4. The van der Waals surface area contributed by atoms with Crippen LogP contribution in [-0.2, 0) is 10.2 Å². The van der Waals surface area contributed by atoms with E-state index in [1.807, 2.05) is 24.3 Å². The van der Waals surface area contributed by atoms with Crippen LogP contribution in [0.5, 0.6) is 0 Å². The van der Waals surface area contributed by atoms with E-state index in [0.717, 1.165) is 15.5 Å². The third-order valence-corrected chi connectivity index (χ3v) is 5.96. The van der Waals surface area contributed by atoms with E-state index in [9.17, 15) is 4.79 Å². The fraction of sp³-hybridized carbons (Fsp3) is 0.333. The maximum absolute atomic E-state index is 12.4. The molecule has 0 spiro atoms. The minimum atomic E-state index is -0.0411. The highest BCUT2D eigenvalue weighted by molar-refractivity contribution is 8.00. The van der Waals surface area contributed by atoms with Crippen molar-refractivity contribution in [3.63, 3.8) is 0 Å². The number of para-hydroxylation sites is 1. The van der Waals surface area contributed by atoms with Gasteiger partial charge in [-0.1, -0.05) is 45.0 Å². The lowest BCUT2D eigenvalue weighted by molar-refractivity contribution is -0.113. The van der Waals surface area contributed by atoms with Crippen LogP contribution >= 0.6 is 23.5 Å². The average molecular weight is 385 g/mol. The van der Waals surface area contributed by atoms with Gasteiger partial charge in [-0.25, -0.2) is 0 Å². The van der Waals surface area contributed by atoms with Gasteiger partial charge < -0.3 is 5.32 Å². The van der Waals surface area contributed by atoms with E-state index in [-0.39, 0.29) is 11.3 Å². The molecule has 5 heteroatoms. The molecule has 1 amide bonds. The lowest BCUT2D eigenvalue weighted by atomic mass is 9.87. The number of hydrogen-bond acceptors (Lipinski definition) is 4. The van der Waals surface area contributed by atoms with Gasteiger partial charge in [0.15, 0.2) is 0 Å². The molecule has 0 atom stereocenters. The molecule has 0 aromatic heterocycles. The summed E-state index contributed by atoms with van der Waals surface area (Å²) >= 11 is 2.99. The molecule has 0 bridgehead atoms. The number of carbonyl (C=O) groups is 1. The Morgan fingerprint density at radius 1 is 1.12 bits per heavy atom. The molecule has 0 fully saturated rings. The summed E-state index contributed by atoms with van der Waals surface area (Å²) in [6.07, 6.45) is 0. The summed E-state index contributed by atoms with van der Waals surface area (Å²) in [6.45, 7) is 8.64. The predicted molar refractivity (Wildman–Crippen MR) is 112 cm³/mol. The predicted octanol–water partition coefficient (Wildman–Crippen LogP) is 5.64. The van der Waals surface area contributed by atoms with Crippen LogP contribution in [0.25, 0.3) is 0 Å². The largest absolute Gasteiger partial charge is 0.324 e. The Labute approximate surface area is 164 Å². The maximum Gasteiger partial charge on any atom is 0.234 e. The van der Waals surface area contributed by atoms with E-state index < -0.39 is 0 Å². The van der Waals surface area contributed by atoms with Crippen LogP contribution in [0, 0.1) is 18.3 Å². The Kier molecular flexibility index (Phi) is 7.19. The zero-order chi connectivity index (χ0) is 19.2. The van der Waals surface area contributed by atoms with Gasteiger partial charge in [0, 0.05) is 9.79 Å². The van der Waals surface area contributed by atoms with Crippen LogP contribution in [0.15, 0.2) is 52.3 Å². The summed E-state index contributed by atoms with van der Waals surface area (Å²) in [5.41, 5.74) is 3.30. The summed E-state index contributed by atoms with van der Waals surface area (Å²) < 4.78 is 0. The fourth-order valence-electron chi connectivity index (χ4n) is 2.36. The van der Waals surface area contributed by atoms with Gasteiger partial charge >= 0.3 is 0 Å². The molecule has 0 radical (unpaired) electrons. The second kappa shape index (κ2) is 9.16. The molecule has 2 rings (SSSR count). The van der Waals surface area contributed by atoms with Crippen molar-refractivity contribution in [2.24, 2.45) is 0 Å². The number of thioether (sulfide) groups is 2. The van der Waals surface area contributed by atoms with E-state index in [1.165, 1.54) is 22.9 Å². The van der Waals surface area contributed by atoms with Crippen molar-refractivity contribution in [3.05, 3.63) is 53.6 Å². The van der Waals surface area contributed by atoms with Gasteiger partial charge in [0.2, 0.25) is 5.91 Å². The fourth-order valence-corrected chi connectivity index (χ4v) is 3.89. The van der Waals surface area contributed by atoms with E-state index in [4.69, 9.17) is 5.26 Å². The highest BCUT2D eigenvalue weighted by atomic mass is 32.2. The van der Waals surface area contributed by atoms with Gasteiger partial charge in [-0.05, 0) is 41.7 Å². The number of nitriles is 1. The number of anilines is 1. The zero-order valence-electron chi connectivity index (χ0n) is 15.6. The maximum atomic E-state index is 12.4. The quantitative estimate of drug-likeness (QED) is 0.655. The van der Waals surface area contributed by atoms with Crippen molar-refractivity contribution < 1.29 is 4.79 Å². The van der Waals surface area contributed by atoms with Crippen LogP contribution < -0.4 is 5.32 Å². The zero-order valence-corrected chi connectivity index (χ0v) is 17.3. The van der Waals surface area contributed by atoms with Crippen molar-refractivity contribution in [2.45, 2.75) is 42.9 Å². The minimum Gasteiger partial charge on any atom is -0.324 e. The SMILES string of the molecule is Cc1ccc(C(C)(C)C)cc1SCC(=O)Nc1ccccc1SCC#N. The smallest absolute Gasteiger partial charge is 0.234 e. The van der Waals surface area contributed by atoms with Crippen molar-refractivity contribution in [3.8, 4) is 6.07 Å². The first-order chi connectivity index (χ1) is 12.3. The molecule has 0 aliphatic carbocycles. The highest BCUT2D eigenvalue weighted by Crippen LogP contribution is 2.30. The molecule has 2 aromatic rings. The number of hydrogen-bond donors (Lipinski definition) is 1. The van der Waals surface area contributed by atoms with Crippen molar-refractivity contribution in [1.29, 1.82) is 5.26 Å². The molecule has 2 aromatic carbocycles. The van der Waals surface area contributed by atoms with E-state index in [0.29, 0.717) is 11.5 Å². The second-order valence-electron chi connectivity index (χ2n) is 7.01. The topological polar surface area (TPSA) is 52.9 Å². The van der Waals surface area contributed by atoms with Crippen molar-refractivity contribution in [1.82, 2.24) is 0 Å². The molecule has 0 unspecified atom stereocenters. The number of amides is 1. The van der Waals surface area contributed by atoms with Crippen LogP contribution in [0.3, 0.4) is 0 Å². The van der Waals surface area contributed by atoms with E-state index in [2.05, 4.69) is 57.3 Å². The summed E-state index contributed by atoms with van der Waals surface area (Å²) in [5, 5.41) is 11.7. The number of rotatable bonds is 6. The van der Waals surface area contributed by atoms with Gasteiger partial charge in [-0.2, -0.15) is 5.26 Å². The summed E-state index contributed by atoms with van der Waals surface area (Å²) in [7, 11) is 0. The second-order valence-corrected chi connectivity index (χ2v) is 9.04.